The molecule has 32 heavy (non-hydrogen) atoms. The largest absolute Gasteiger partial charge is 0.450 e. The van der Waals surface area contributed by atoms with Crippen LogP contribution in [-0.4, -0.2) is 47.0 Å². The summed E-state index contributed by atoms with van der Waals surface area (Å²) >= 11 is 0. The van der Waals surface area contributed by atoms with Crippen molar-refractivity contribution in [2.75, 3.05) is 18.5 Å². The first kappa shape index (κ1) is 22.7. The number of esters is 1. The van der Waals surface area contributed by atoms with Crippen LogP contribution >= 0.6 is 0 Å². The van der Waals surface area contributed by atoms with Crippen molar-refractivity contribution in [3.8, 4) is 5.75 Å². The molecule has 168 valence electrons. The Kier molecular flexibility index (Phi) is 7.04. The average Bonchev–Trinajstić information content (AvgIpc) is 3.23. The smallest absolute Gasteiger partial charge is 0.411 e. The first-order valence-electron chi connectivity index (χ1n) is 10.1. The maximum Gasteiger partial charge on any atom is 0.411 e. The summed E-state index contributed by atoms with van der Waals surface area (Å²) in [5.41, 5.74) is 0.961. The Balaban J connectivity index is 1.71. The molecule has 1 fully saturated rings. The van der Waals surface area contributed by atoms with Crippen molar-refractivity contribution in [1.82, 2.24) is 4.90 Å². The zero-order valence-corrected chi connectivity index (χ0v) is 17.7. The van der Waals surface area contributed by atoms with Gasteiger partial charge in [0.25, 0.3) is 11.6 Å². The molecule has 0 aliphatic carbocycles. The zero-order chi connectivity index (χ0) is 23.3. The Hall–Kier alpha value is -3.95. The summed E-state index contributed by atoms with van der Waals surface area (Å²) in [5.74, 6) is -0.766. The summed E-state index contributed by atoms with van der Waals surface area (Å²) in [4.78, 5) is 49.2. The number of nitrogens with one attached hydrogen (secondary N) is 1. The zero-order valence-electron chi connectivity index (χ0n) is 17.7. The number of carbonyl (C=O) groups excluding carboxylic acids is 3. The first-order valence-corrected chi connectivity index (χ1v) is 10.1. The van der Waals surface area contributed by atoms with Gasteiger partial charge in [-0.3, -0.25) is 20.2 Å². The van der Waals surface area contributed by atoms with Gasteiger partial charge in [0, 0.05) is 35.5 Å². The van der Waals surface area contributed by atoms with E-state index in [2.05, 4.69) is 5.32 Å². The highest BCUT2D eigenvalue weighted by Gasteiger charge is 2.36. The van der Waals surface area contributed by atoms with Crippen LogP contribution in [0, 0.1) is 17.0 Å². The van der Waals surface area contributed by atoms with Crippen LogP contribution in [0.5, 0.6) is 5.75 Å². The fraction of sp³-hybridized carbons (Fsp3) is 0.318. The summed E-state index contributed by atoms with van der Waals surface area (Å²) in [5, 5.41) is 13.5. The van der Waals surface area contributed by atoms with Gasteiger partial charge in [0.05, 0.1) is 11.5 Å². The Morgan fingerprint density at radius 3 is 2.69 bits per heavy atom. The van der Waals surface area contributed by atoms with Gasteiger partial charge in [-0.1, -0.05) is 6.07 Å². The van der Waals surface area contributed by atoms with E-state index in [1.54, 1.807) is 32.0 Å². The number of nitro benzene ring substituents is 1. The van der Waals surface area contributed by atoms with Gasteiger partial charge in [0.1, 0.15) is 11.8 Å². The third kappa shape index (κ3) is 5.20. The van der Waals surface area contributed by atoms with Crippen molar-refractivity contribution in [3.05, 3.63) is 63.7 Å². The van der Waals surface area contributed by atoms with E-state index in [1.165, 1.54) is 29.2 Å². The van der Waals surface area contributed by atoms with Crippen LogP contribution in [0.4, 0.5) is 16.2 Å². The van der Waals surface area contributed by atoms with E-state index in [1.807, 2.05) is 0 Å². The van der Waals surface area contributed by atoms with Crippen molar-refractivity contribution in [2.24, 2.45) is 0 Å². The van der Waals surface area contributed by atoms with Crippen molar-refractivity contribution in [3.63, 3.8) is 0 Å². The van der Waals surface area contributed by atoms with Gasteiger partial charge >= 0.3 is 12.1 Å². The van der Waals surface area contributed by atoms with Crippen LogP contribution in [0.25, 0.3) is 0 Å². The van der Waals surface area contributed by atoms with Crippen LogP contribution in [-0.2, 0) is 9.53 Å². The van der Waals surface area contributed by atoms with Crippen LogP contribution in [0.3, 0.4) is 0 Å². The molecule has 1 unspecified atom stereocenters. The molecule has 10 heteroatoms. The number of likely N-dealkylation sites (tertiary alicyclic amines) is 1. The Bertz CT molecular complexity index is 1050. The third-order valence-corrected chi connectivity index (χ3v) is 5.00. The standard InChI is InChI=1S/C22H23N3O7/c1-3-31-22(28)23-16-6-4-7-17(13-16)32-21(27)19-8-5-11-24(19)20(26)15-9-10-18(25(29)30)14(2)12-15/h4,6-7,9-10,12-13,19H,3,5,8,11H2,1-2H3,(H,23,28). The molecule has 0 radical (unpaired) electrons. The van der Waals surface area contributed by atoms with Crippen LogP contribution < -0.4 is 10.1 Å². The summed E-state index contributed by atoms with van der Waals surface area (Å²) in [6, 6.07) is 9.63. The number of anilines is 1. The minimum Gasteiger partial charge on any atom is -0.450 e. The molecule has 2 aromatic rings. The second kappa shape index (κ2) is 9.90. The van der Waals surface area contributed by atoms with Gasteiger partial charge in [-0.15, -0.1) is 0 Å². The van der Waals surface area contributed by atoms with Crippen LogP contribution in [0.15, 0.2) is 42.5 Å². The fourth-order valence-corrected chi connectivity index (χ4v) is 3.52. The molecule has 2 aromatic carbocycles. The molecule has 0 aromatic heterocycles. The van der Waals surface area contributed by atoms with Crippen molar-refractivity contribution in [2.45, 2.75) is 32.7 Å². The molecular formula is C22H23N3O7. The lowest BCUT2D eigenvalue weighted by molar-refractivity contribution is -0.385. The summed E-state index contributed by atoms with van der Waals surface area (Å²) < 4.78 is 10.3. The third-order valence-electron chi connectivity index (χ3n) is 5.00. The lowest BCUT2D eigenvalue weighted by Gasteiger charge is -2.23. The van der Waals surface area contributed by atoms with Crippen molar-refractivity contribution >= 4 is 29.3 Å². The Labute approximate surface area is 184 Å². The second-order valence-electron chi connectivity index (χ2n) is 7.21. The summed E-state index contributed by atoms with van der Waals surface area (Å²) in [6.07, 6.45) is 0.445. The molecule has 2 amide bonds. The van der Waals surface area contributed by atoms with E-state index in [0.29, 0.717) is 30.6 Å². The van der Waals surface area contributed by atoms with Gasteiger partial charge < -0.3 is 14.4 Å². The van der Waals surface area contributed by atoms with Gasteiger partial charge in [-0.25, -0.2) is 9.59 Å². The van der Waals surface area contributed by atoms with Crippen molar-refractivity contribution in [1.29, 1.82) is 0 Å². The normalized spacial score (nSPS) is 15.2. The average molecular weight is 441 g/mol. The van der Waals surface area contributed by atoms with E-state index in [9.17, 15) is 24.5 Å². The molecule has 1 aliphatic rings. The highest BCUT2D eigenvalue weighted by atomic mass is 16.6. The van der Waals surface area contributed by atoms with Gasteiger partial charge in [0.15, 0.2) is 0 Å². The number of ether oxygens (including phenoxy) is 2. The van der Waals surface area contributed by atoms with Gasteiger partial charge in [0.2, 0.25) is 0 Å². The van der Waals surface area contributed by atoms with Gasteiger partial charge in [-0.05, 0) is 51.0 Å². The Morgan fingerprint density at radius 1 is 1.22 bits per heavy atom. The summed E-state index contributed by atoms with van der Waals surface area (Å²) in [7, 11) is 0. The van der Waals surface area contributed by atoms with Gasteiger partial charge in [-0.2, -0.15) is 0 Å². The SMILES string of the molecule is CCOC(=O)Nc1cccc(OC(=O)C2CCCN2C(=O)c2ccc([N+](=O)[O-])c(C)c2)c1. The molecule has 3 rings (SSSR count). The number of amides is 2. The monoisotopic (exact) mass is 441 g/mol. The maximum absolute atomic E-state index is 13.0. The highest BCUT2D eigenvalue weighted by Crippen LogP contribution is 2.26. The van der Waals surface area contributed by atoms with E-state index < -0.39 is 23.0 Å². The maximum atomic E-state index is 13.0. The van der Waals surface area contributed by atoms with E-state index in [4.69, 9.17) is 9.47 Å². The number of carbonyl (C=O) groups is 3. The Morgan fingerprint density at radius 2 is 2.00 bits per heavy atom. The highest BCUT2D eigenvalue weighted by molar-refractivity contribution is 5.98. The summed E-state index contributed by atoms with van der Waals surface area (Å²) in [6.45, 7) is 3.84. The van der Waals surface area contributed by atoms with Crippen LogP contribution in [0.2, 0.25) is 0 Å². The van der Waals surface area contributed by atoms with Crippen LogP contribution in [0.1, 0.15) is 35.7 Å². The number of rotatable bonds is 6. The fourth-order valence-electron chi connectivity index (χ4n) is 3.52. The lowest BCUT2D eigenvalue weighted by atomic mass is 10.1. The predicted molar refractivity (Wildman–Crippen MR) is 115 cm³/mol. The number of hydrogen-bond acceptors (Lipinski definition) is 7. The second-order valence-corrected chi connectivity index (χ2v) is 7.21. The number of nitro groups is 1. The topological polar surface area (TPSA) is 128 Å². The molecule has 0 spiro atoms. The molecule has 1 atom stereocenters. The van der Waals surface area contributed by atoms with E-state index in [0.717, 1.165) is 0 Å². The lowest BCUT2D eigenvalue weighted by Crippen LogP contribution is -2.42. The minimum absolute atomic E-state index is 0.0739. The minimum atomic E-state index is -0.778. The molecule has 10 nitrogen and oxygen atoms in total. The molecular weight excluding hydrogens is 418 g/mol. The van der Waals surface area contributed by atoms with E-state index in [-0.39, 0.29) is 29.5 Å². The quantitative estimate of drug-likeness (QED) is 0.313. The van der Waals surface area contributed by atoms with Crippen molar-refractivity contribution < 1.29 is 28.8 Å². The molecule has 0 saturated carbocycles. The first-order chi connectivity index (χ1) is 15.3. The molecule has 0 bridgehead atoms. The number of nitrogens with zero attached hydrogens (tertiary/aromatic N) is 2. The molecule has 1 N–H and O–H groups in total. The number of hydrogen-bond donors (Lipinski definition) is 1. The molecule has 1 aliphatic heterocycles. The number of aryl methyl sites for hydroxylation is 1. The molecule has 1 heterocycles. The predicted octanol–water partition coefficient (Wildman–Crippen LogP) is 3.68. The molecule has 1 saturated heterocycles. The number of benzene rings is 2. The van der Waals surface area contributed by atoms with E-state index >= 15 is 0 Å².